The molecule has 1 aromatic carbocycles. The van der Waals surface area contributed by atoms with Gasteiger partial charge in [0.1, 0.15) is 11.5 Å². The van der Waals surface area contributed by atoms with Crippen LogP contribution in [0.15, 0.2) is 47.1 Å². The third-order valence-electron chi connectivity index (χ3n) is 3.86. The number of anilines is 1. The molecule has 0 bridgehead atoms. The Morgan fingerprint density at radius 2 is 1.92 bits per heavy atom. The second kappa shape index (κ2) is 11.6. The van der Waals surface area contributed by atoms with E-state index < -0.39 is 0 Å². The van der Waals surface area contributed by atoms with Crippen LogP contribution in [0.3, 0.4) is 0 Å². The highest BCUT2D eigenvalue weighted by Crippen LogP contribution is 2.17. The van der Waals surface area contributed by atoms with E-state index in [4.69, 9.17) is 9.15 Å². The zero-order valence-corrected chi connectivity index (χ0v) is 14.7. The Kier molecular flexibility index (Phi) is 8.87. The zero-order valence-electron chi connectivity index (χ0n) is 14.7. The van der Waals surface area contributed by atoms with Crippen LogP contribution in [-0.2, 0) is 6.54 Å². The van der Waals surface area contributed by atoms with Crippen molar-refractivity contribution in [2.75, 3.05) is 25.0 Å². The van der Waals surface area contributed by atoms with E-state index in [0.29, 0.717) is 0 Å². The molecule has 24 heavy (non-hydrogen) atoms. The lowest BCUT2D eigenvalue weighted by molar-refractivity contribution is 0.304. The van der Waals surface area contributed by atoms with Crippen molar-refractivity contribution in [1.82, 2.24) is 5.32 Å². The van der Waals surface area contributed by atoms with Crippen LogP contribution in [0.25, 0.3) is 0 Å². The molecule has 4 heteroatoms. The maximum Gasteiger partial charge on any atom is 0.121 e. The average Bonchev–Trinajstić information content (AvgIpc) is 3.11. The summed E-state index contributed by atoms with van der Waals surface area (Å²) in [5.41, 5.74) is 1.10. The highest BCUT2D eigenvalue weighted by atomic mass is 16.5. The number of furan rings is 1. The molecule has 0 radical (unpaired) electrons. The van der Waals surface area contributed by atoms with Crippen LogP contribution in [0.1, 0.15) is 44.8 Å². The van der Waals surface area contributed by atoms with E-state index in [1.165, 1.54) is 25.7 Å². The van der Waals surface area contributed by atoms with Gasteiger partial charge in [-0.05, 0) is 30.7 Å². The average molecular weight is 330 g/mol. The second-order valence-corrected chi connectivity index (χ2v) is 5.97. The van der Waals surface area contributed by atoms with Crippen molar-refractivity contribution in [2.24, 2.45) is 0 Å². The van der Waals surface area contributed by atoms with E-state index in [1.54, 1.807) is 6.26 Å². The molecule has 1 aromatic heterocycles. The fourth-order valence-electron chi connectivity index (χ4n) is 2.51. The molecule has 0 fully saturated rings. The zero-order chi connectivity index (χ0) is 16.9. The van der Waals surface area contributed by atoms with Crippen LogP contribution in [0.5, 0.6) is 5.75 Å². The third-order valence-corrected chi connectivity index (χ3v) is 3.86. The Bertz CT molecular complexity index is 540. The van der Waals surface area contributed by atoms with Crippen molar-refractivity contribution in [3.63, 3.8) is 0 Å². The van der Waals surface area contributed by atoms with Crippen molar-refractivity contribution in [3.05, 3.63) is 48.4 Å². The highest BCUT2D eigenvalue weighted by Gasteiger charge is 1.98. The first-order valence-electron chi connectivity index (χ1n) is 9.08. The Balaban J connectivity index is 1.57. The number of hydrogen-bond acceptors (Lipinski definition) is 4. The van der Waals surface area contributed by atoms with Gasteiger partial charge in [0.25, 0.3) is 0 Å². The summed E-state index contributed by atoms with van der Waals surface area (Å²) in [4.78, 5) is 0. The summed E-state index contributed by atoms with van der Waals surface area (Å²) in [5, 5.41) is 6.75. The van der Waals surface area contributed by atoms with E-state index in [9.17, 15) is 0 Å². The van der Waals surface area contributed by atoms with Crippen LogP contribution in [0.4, 0.5) is 5.69 Å². The summed E-state index contributed by atoms with van der Waals surface area (Å²) in [6.45, 7) is 5.54. The molecule has 0 saturated carbocycles. The van der Waals surface area contributed by atoms with Gasteiger partial charge in [-0.1, -0.05) is 38.7 Å². The first-order chi connectivity index (χ1) is 11.9. The fourth-order valence-corrected chi connectivity index (χ4v) is 2.51. The molecule has 2 aromatic rings. The van der Waals surface area contributed by atoms with E-state index in [1.807, 2.05) is 24.3 Å². The lowest BCUT2D eigenvalue weighted by Gasteiger charge is -2.10. The van der Waals surface area contributed by atoms with Crippen LogP contribution in [-0.4, -0.2) is 19.7 Å². The van der Waals surface area contributed by atoms with Gasteiger partial charge >= 0.3 is 0 Å². The van der Waals surface area contributed by atoms with Crippen LogP contribution >= 0.6 is 0 Å². The maximum absolute atomic E-state index is 5.84. The molecule has 0 aliphatic heterocycles. The molecule has 0 aliphatic rings. The van der Waals surface area contributed by atoms with Gasteiger partial charge < -0.3 is 19.8 Å². The number of hydrogen-bond donors (Lipinski definition) is 2. The van der Waals surface area contributed by atoms with E-state index >= 15 is 0 Å². The van der Waals surface area contributed by atoms with Gasteiger partial charge in [-0.3, -0.25) is 0 Å². The Labute approximate surface area is 145 Å². The monoisotopic (exact) mass is 330 g/mol. The quantitative estimate of drug-likeness (QED) is 0.516. The largest absolute Gasteiger partial charge is 0.494 e. The summed E-state index contributed by atoms with van der Waals surface area (Å²) in [6.07, 6.45) is 8.01. The SMILES string of the molecule is CCCCCCCOc1cccc(NCCNCc2ccco2)c1. The molecule has 132 valence electrons. The molecule has 2 N–H and O–H groups in total. The van der Waals surface area contributed by atoms with Crippen molar-refractivity contribution in [3.8, 4) is 5.75 Å². The summed E-state index contributed by atoms with van der Waals surface area (Å²) in [5.74, 6) is 1.91. The van der Waals surface area contributed by atoms with Crippen molar-refractivity contribution < 1.29 is 9.15 Å². The van der Waals surface area contributed by atoms with Gasteiger partial charge in [0.05, 0.1) is 19.4 Å². The summed E-state index contributed by atoms with van der Waals surface area (Å²) >= 11 is 0. The number of nitrogens with one attached hydrogen (secondary N) is 2. The molecule has 4 nitrogen and oxygen atoms in total. The maximum atomic E-state index is 5.84. The molecule has 0 aliphatic carbocycles. The first-order valence-corrected chi connectivity index (χ1v) is 9.08. The van der Waals surface area contributed by atoms with E-state index in [-0.39, 0.29) is 0 Å². The van der Waals surface area contributed by atoms with Crippen LogP contribution < -0.4 is 15.4 Å². The molecular weight excluding hydrogens is 300 g/mol. The van der Waals surface area contributed by atoms with E-state index in [2.05, 4.69) is 29.7 Å². The van der Waals surface area contributed by atoms with Gasteiger partial charge in [0.2, 0.25) is 0 Å². The first kappa shape index (κ1) is 18.4. The smallest absolute Gasteiger partial charge is 0.121 e. The standard InChI is InChI=1S/C20H30N2O2/c1-2-3-4-5-6-14-23-19-10-7-9-18(16-19)22-13-12-21-17-20-11-8-15-24-20/h7-11,15-16,21-22H,2-6,12-14,17H2,1H3. The predicted molar refractivity (Wildman–Crippen MR) is 99.6 cm³/mol. The summed E-state index contributed by atoms with van der Waals surface area (Å²) in [6, 6.07) is 12.1. The second-order valence-electron chi connectivity index (χ2n) is 5.97. The van der Waals surface area contributed by atoms with E-state index in [0.717, 1.165) is 49.9 Å². The number of rotatable bonds is 13. The highest BCUT2D eigenvalue weighted by molar-refractivity contribution is 5.48. The lowest BCUT2D eigenvalue weighted by Crippen LogP contribution is -2.21. The Morgan fingerprint density at radius 3 is 2.75 bits per heavy atom. The minimum atomic E-state index is 0.760. The molecule has 2 rings (SSSR count). The van der Waals surface area contributed by atoms with Gasteiger partial charge in [-0.15, -0.1) is 0 Å². The third kappa shape index (κ3) is 7.55. The van der Waals surface area contributed by atoms with Gasteiger partial charge in [-0.25, -0.2) is 0 Å². The molecule has 1 heterocycles. The van der Waals surface area contributed by atoms with Crippen molar-refractivity contribution in [2.45, 2.75) is 45.6 Å². The van der Waals surface area contributed by atoms with Crippen LogP contribution in [0.2, 0.25) is 0 Å². The minimum Gasteiger partial charge on any atom is -0.494 e. The molecule has 0 saturated heterocycles. The van der Waals surface area contributed by atoms with Crippen molar-refractivity contribution >= 4 is 5.69 Å². The predicted octanol–water partition coefficient (Wildman–Crippen LogP) is 4.83. The summed E-state index contributed by atoms with van der Waals surface area (Å²) < 4.78 is 11.1. The Morgan fingerprint density at radius 1 is 1.00 bits per heavy atom. The fraction of sp³-hybridized carbons (Fsp3) is 0.500. The number of ether oxygens (including phenoxy) is 1. The Hall–Kier alpha value is -1.94. The van der Waals surface area contributed by atoms with Gasteiger partial charge in [0, 0.05) is 24.8 Å². The lowest BCUT2D eigenvalue weighted by atomic mass is 10.2. The molecule has 0 amide bonds. The molecular formula is C20H30N2O2. The van der Waals surface area contributed by atoms with Gasteiger partial charge in [-0.2, -0.15) is 0 Å². The molecule has 0 spiro atoms. The van der Waals surface area contributed by atoms with Crippen molar-refractivity contribution in [1.29, 1.82) is 0 Å². The minimum absolute atomic E-state index is 0.760. The van der Waals surface area contributed by atoms with Gasteiger partial charge in [0.15, 0.2) is 0 Å². The molecule has 0 unspecified atom stereocenters. The topological polar surface area (TPSA) is 46.4 Å². The summed E-state index contributed by atoms with van der Waals surface area (Å²) in [7, 11) is 0. The number of unbranched alkanes of at least 4 members (excludes halogenated alkanes) is 4. The normalized spacial score (nSPS) is 10.7. The molecule has 0 atom stereocenters. The van der Waals surface area contributed by atoms with Crippen LogP contribution in [0, 0.1) is 0 Å². The number of benzene rings is 1.